The zero-order valence-corrected chi connectivity index (χ0v) is 15.4. The van der Waals surface area contributed by atoms with Gasteiger partial charge < -0.3 is 9.32 Å². The Kier molecular flexibility index (Phi) is 4.53. The molecule has 132 valence electrons. The van der Waals surface area contributed by atoms with E-state index in [4.69, 9.17) is 9.40 Å². The van der Waals surface area contributed by atoms with Crippen LogP contribution < -0.4 is 4.90 Å². The minimum Gasteiger partial charge on any atom is -0.435 e. The SMILES string of the molecule is C[C@@H](c1nc2ccccc2s1)[NH+](C)Cc1ncc(-c2ccc(F)cc2)o1. The number of quaternary nitrogens is 1. The average molecular weight is 368 g/mol. The molecule has 0 bridgehead atoms. The van der Waals surface area contributed by atoms with Gasteiger partial charge in [-0.15, -0.1) is 11.3 Å². The predicted octanol–water partition coefficient (Wildman–Crippen LogP) is 3.87. The Labute approximate surface area is 154 Å². The molecule has 0 aliphatic rings. The van der Waals surface area contributed by atoms with E-state index in [2.05, 4.69) is 25.0 Å². The molecule has 0 saturated heterocycles. The number of nitrogens with zero attached hydrogens (tertiary/aromatic N) is 2. The van der Waals surface area contributed by atoms with Gasteiger partial charge in [0.15, 0.2) is 17.3 Å². The number of nitrogens with one attached hydrogen (secondary N) is 1. The highest BCUT2D eigenvalue weighted by atomic mass is 32.1. The lowest BCUT2D eigenvalue weighted by atomic mass is 10.2. The smallest absolute Gasteiger partial charge is 0.250 e. The maximum absolute atomic E-state index is 13.1. The van der Waals surface area contributed by atoms with Crippen LogP contribution in [-0.2, 0) is 6.54 Å². The largest absolute Gasteiger partial charge is 0.435 e. The summed E-state index contributed by atoms with van der Waals surface area (Å²) in [6.07, 6.45) is 1.69. The minimum atomic E-state index is -0.262. The van der Waals surface area contributed by atoms with Crippen molar-refractivity contribution in [3.8, 4) is 11.3 Å². The van der Waals surface area contributed by atoms with Gasteiger partial charge in [-0.25, -0.2) is 14.4 Å². The van der Waals surface area contributed by atoms with Gasteiger partial charge >= 0.3 is 0 Å². The normalized spacial score (nSPS) is 13.8. The summed E-state index contributed by atoms with van der Waals surface area (Å²) < 4.78 is 20.1. The number of para-hydroxylation sites is 1. The van der Waals surface area contributed by atoms with Crippen molar-refractivity contribution in [2.45, 2.75) is 19.5 Å². The second kappa shape index (κ2) is 6.97. The van der Waals surface area contributed by atoms with Crippen LogP contribution in [0.2, 0.25) is 0 Å². The fourth-order valence-corrected chi connectivity index (χ4v) is 3.93. The quantitative estimate of drug-likeness (QED) is 0.582. The zero-order valence-electron chi connectivity index (χ0n) is 14.6. The van der Waals surface area contributed by atoms with E-state index in [-0.39, 0.29) is 11.9 Å². The van der Waals surface area contributed by atoms with E-state index < -0.39 is 0 Å². The topological polar surface area (TPSA) is 43.4 Å². The number of hydrogen-bond acceptors (Lipinski definition) is 4. The van der Waals surface area contributed by atoms with Gasteiger partial charge in [0.2, 0.25) is 0 Å². The molecule has 4 nitrogen and oxygen atoms in total. The van der Waals surface area contributed by atoms with Crippen LogP contribution in [0.5, 0.6) is 0 Å². The van der Waals surface area contributed by atoms with E-state index in [1.54, 1.807) is 29.7 Å². The van der Waals surface area contributed by atoms with Gasteiger partial charge in [-0.1, -0.05) is 12.1 Å². The first-order chi connectivity index (χ1) is 12.6. The third kappa shape index (κ3) is 3.38. The van der Waals surface area contributed by atoms with Gasteiger partial charge in [-0.3, -0.25) is 0 Å². The van der Waals surface area contributed by atoms with E-state index >= 15 is 0 Å². The number of benzene rings is 2. The molecule has 4 rings (SSSR count). The number of oxazole rings is 1. The highest BCUT2D eigenvalue weighted by molar-refractivity contribution is 7.18. The fraction of sp³-hybridized carbons (Fsp3) is 0.200. The molecule has 0 saturated carbocycles. The monoisotopic (exact) mass is 368 g/mol. The maximum Gasteiger partial charge on any atom is 0.250 e. The lowest BCUT2D eigenvalue weighted by Gasteiger charge is -2.18. The van der Waals surface area contributed by atoms with Crippen LogP contribution in [-0.4, -0.2) is 17.0 Å². The molecule has 26 heavy (non-hydrogen) atoms. The second-order valence-corrected chi connectivity index (χ2v) is 7.45. The van der Waals surface area contributed by atoms with Crippen LogP contribution in [0, 0.1) is 5.82 Å². The Morgan fingerprint density at radius 2 is 1.92 bits per heavy atom. The van der Waals surface area contributed by atoms with Gasteiger partial charge in [-0.05, 0) is 43.3 Å². The van der Waals surface area contributed by atoms with Crippen LogP contribution in [0.15, 0.2) is 59.1 Å². The molecule has 2 heterocycles. The number of hydrogen-bond donors (Lipinski definition) is 1. The molecule has 0 aliphatic carbocycles. The molecular weight excluding hydrogens is 349 g/mol. The first-order valence-electron chi connectivity index (χ1n) is 8.48. The number of thiazole rings is 1. The molecule has 2 atom stereocenters. The molecule has 0 aliphatic heterocycles. The van der Waals surface area contributed by atoms with Crippen molar-refractivity contribution in [2.75, 3.05) is 7.05 Å². The average Bonchev–Trinajstić information content (AvgIpc) is 3.28. The second-order valence-electron chi connectivity index (χ2n) is 6.39. The summed E-state index contributed by atoms with van der Waals surface area (Å²) in [7, 11) is 2.11. The Morgan fingerprint density at radius 1 is 1.15 bits per heavy atom. The maximum atomic E-state index is 13.1. The Morgan fingerprint density at radius 3 is 2.69 bits per heavy atom. The Balaban J connectivity index is 1.49. The number of rotatable bonds is 5. The standard InChI is InChI=1S/C20H18FN3OS/c1-13(20-23-16-5-3-4-6-18(16)26-20)24(2)12-19-22-11-17(25-19)14-7-9-15(21)10-8-14/h3-11,13H,12H2,1-2H3/p+1/t13-/m0/s1. The van der Waals surface area contributed by atoms with Gasteiger partial charge in [0.1, 0.15) is 11.9 Å². The Bertz CT molecular complexity index is 992. The van der Waals surface area contributed by atoms with Crippen molar-refractivity contribution in [3.05, 3.63) is 71.4 Å². The highest BCUT2D eigenvalue weighted by Crippen LogP contribution is 2.25. The van der Waals surface area contributed by atoms with Gasteiger partial charge in [-0.2, -0.15) is 0 Å². The predicted molar refractivity (Wildman–Crippen MR) is 101 cm³/mol. The molecule has 0 amide bonds. The molecule has 0 spiro atoms. The summed E-state index contributed by atoms with van der Waals surface area (Å²) in [4.78, 5) is 10.4. The van der Waals surface area contributed by atoms with E-state index in [1.807, 2.05) is 18.2 Å². The third-order valence-corrected chi connectivity index (χ3v) is 5.75. The van der Waals surface area contributed by atoms with Crippen molar-refractivity contribution in [2.24, 2.45) is 0 Å². The van der Waals surface area contributed by atoms with Crippen LogP contribution >= 0.6 is 11.3 Å². The molecule has 4 aromatic rings. The molecular formula is C20H19FN3OS+. The van der Waals surface area contributed by atoms with E-state index in [1.165, 1.54) is 21.7 Å². The molecule has 2 aromatic carbocycles. The summed E-state index contributed by atoms with van der Waals surface area (Å²) in [5.74, 6) is 1.05. The fourth-order valence-electron chi connectivity index (χ4n) is 2.82. The molecule has 0 radical (unpaired) electrons. The number of fused-ring (bicyclic) bond motifs is 1. The molecule has 2 aromatic heterocycles. The summed E-state index contributed by atoms with van der Waals surface area (Å²) in [5.41, 5.74) is 1.86. The summed E-state index contributed by atoms with van der Waals surface area (Å²) in [5, 5.41) is 1.11. The Hall–Kier alpha value is -2.57. The van der Waals surface area contributed by atoms with E-state index in [0.717, 1.165) is 16.1 Å². The molecule has 1 unspecified atom stereocenters. The minimum absolute atomic E-state index is 0.230. The lowest BCUT2D eigenvalue weighted by Crippen LogP contribution is -3.07. The number of aromatic nitrogens is 2. The first kappa shape index (κ1) is 16.9. The van der Waals surface area contributed by atoms with E-state index in [9.17, 15) is 4.39 Å². The third-order valence-electron chi connectivity index (χ3n) is 4.53. The van der Waals surface area contributed by atoms with Crippen LogP contribution in [0.1, 0.15) is 23.9 Å². The van der Waals surface area contributed by atoms with Crippen molar-refractivity contribution in [3.63, 3.8) is 0 Å². The van der Waals surface area contributed by atoms with Crippen LogP contribution in [0.25, 0.3) is 21.5 Å². The zero-order chi connectivity index (χ0) is 18.1. The summed E-state index contributed by atoms with van der Waals surface area (Å²) in [6.45, 7) is 2.81. The molecule has 0 fully saturated rings. The molecule has 6 heteroatoms. The summed E-state index contributed by atoms with van der Waals surface area (Å²) in [6, 6.07) is 14.6. The van der Waals surface area contributed by atoms with Crippen molar-refractivity contribution >= 4 is 21.6 Å². The van der Waals surface area contributed by atoms with Gasteiger partial charge in [0.25, 0.3) is 5.89 Å². The van der Waals surface area contributed by atoms with Crippen LogP contribution in [0.3, 0.4) is 0 Å². The van der Waals surface area contributed by atoms with Gasteiger partial charge in [0.05, 0.1) is 23.5 Å². The highest BCUT2D eigenvalue weighted by Gasteiger charge is 2.22. The molecule has 1 N–H and O–H groups in total. The number of halogens is 1. The summed E-state index contributed by atoms with van der Waals surface area (Å²) >= 11 is 1.73. The van der Waals surface area contributed by atoms with Gasteiger partial charge in [0, 0.05) is 5.56 Å². The van der Waals surface area contributed by atoms with Crippen molar-refractivity contribution in [1.82, 2.24) is 9.97 Å². The lowest BCUT2D eigenvalue weighted by molar-refractivity contribution is -0.925. The first-order valence-corrected chi connectivity index (χ1v) is 9.30. The van der Waals surface area contributed by atoms with Crippen molar-refractivity contribution in [1.29, 1.82) is 0 Å². The van der Waals surface area contributed by atoms with Crippen LogP contribution in [0.4, 0.5) is 4.39 Å². The van der Waals surface area contributed by atoms with Crippen molar-refractivity contribution < 1.29 is 13.7 Å². The van der Waals surface area contributed by atoms with E-state index in [0.29, 0.717) is 18.2 Å².